The van der Waals surface area contributed by atoms with Gasteiger partial charge in [0.2, 0.25) is 0 Å². The highest BCUT2D eigenvalue weighted by Gasteiger charge is 2.11. The summed E-state index contributed by atoms with van der Waals surface area (Å²) in [7, 11) is 0. The van der Waals surface area contributed by atoms with E-state index >= 15 is 0 Å². The molecule has 0 spiro atoms. The van der Waals surface area contributed by atoms with Crippen molar-refractivity contribution in [1.29, 1.82) is 0 Å². The quantitative estimate of drug-likeness (QED) is 0.0627. The van der Waals surface area contributed by atoms with E-state index in [2.05, 4.69) is 32.6 Å². The summed E-state index contributed by atoms with van der Waals surface area (Å²) in [6, 6.07) is 0. The predicted molar refractivity (Wildman–Crippen MR) is 233 cm³/mol. The number of nitrogens with zero attached hydrogens (tertiary/aromatic N) is 1. The fourth-order valence-electron chi connectivity index (χ4n) is 7.75. The number of ether oxygens (including phenoxy) is 3. The van der Waals surface area contributed by atoms with E-state index in [9.17, 15) is 0 Å². The minimum absolute atomic E-state index is 0.113. The highest BCUT2D eigenvalue weighted by molar-refractivity contribution is 4.63. The molecule has 0 aliphatic rings. The summed E-state index contributed by atoms with van der Waals surface area (Å²) in [4.78, 5) is 2.60. The summed E-state index contributed by atoms with van der Waals surface area (Å²) in [5.74, 6) is 1.54. The first-order chi connectivity index (χ1) is 26.2. The summed E-state index contributed by atoms with van der Waals surface area (Å²) in [5.41, 5.74) is 0. The van der Waals surface area contributed by atoms with Crippen LogP contribution >= 0.6 is 0 Å². The van der Waals surface area contributed by atoms with E-state index in [0.717, 1.165) is 64.5 Å². The first-order valence-electron chi connectivity index (χ1n) is 24.3. The lowest BCUT2D eigenvalue weighted by Crippen LogP contribution is -2.30. The van der Waals surface area contributed by atoms with Crippen LogP contribution < -0.4 is 0 Å². The Hall–Kier alpha value is -0.200. The normalized spacial score (nSPS) is 13.0. The Morgan fingerprint density at radius 2 is 0.679 bits per heavy atom. The largest absolute Gasteiger partial charge is 0.394 e. The molecule has 0 rings (SSSR count). The first kappa shape index (κ1) is 52.8. The second kappa shape index (κ2) is 46.2. The zero-order chi connectivity index (χ0) is 38.6. The summed E-state index contributed by atoms with van der Waals surface area (Å²) in [6.07, 6.45) is 43.1. The molecular formula is C48H99NO4. The van der Waals surface area contributed by atoms with Crippen molar-refractivity contribution in [2.45, 2.75) is 233 Å². The van der Waals surface area contributed by atoms with E-state index in [4.69, 9.17) is 19.3 Å². The maximum absolute atomic E-state index is 9.12. The molecule has 0 bridgehead atoms. The molecule has 0 amide bonds. The van der Waals surface area contributed by atoms with Gasteiger partial charge in [-0.15, -0.1) is 0 Å². The van der Waals surface area contributed by atoms with Crippen LogP contribution in [0.1, 0.15) is 233 Å². The summed E-state index contributed by atoms with van der Waals surface area (Å²) in [6.45, 7) is 17.6. The average Bonchev–Trinajstić information content (AvgIpc) is 3.17. The van der Waals surface area contributed by atoms with Crippen molar-refractivity contribution in [3.05, 3.63) is 0 Å². The minimum atomic E-state index is 0.113. The van der Waals surface area contributed by atoms with Gasteiger partial charge in [-0.05, 0) is 76.3 Å². The summed E-state index contributed by atoms with van der Waals surface area (Å²) >= 11 is 0. The van der Waals surface area contributed by atoms with Gasteiger partial charge in [-0.25, -0.2) is 0 Å². The monoisotopic (exact) mass is 754 g/mol. The fourth-order valence-corrected chi connectivity index (χ4v) is 7.75. The van der Waals surface area contributed by atoms with Crippen LogP contribution in [0.25, 0.3) is 0 Å². The lowest BCUT2D eigenvalue weighted by molar-refractivity contribution is 0.0721. The van der Waals surface area contributed by atoms with Gasteiger partial charge < -0.3 is 24.2 Å². The van der Waals surface area contributed by atoms with Crippen LogP contribution in [0.5, 0.6) is 0 Å². The van der Waals surface area contributed by atoms with Crippen molar-refractivity contribution in [3.8, 4) is 0 Å². The molecule has 0 heterocycles. The van der Waals surface area contributed by atoms with Crippen molar-refractivity contribution >= 4 is 0 Å². The van der Waals surface area contributed by atoms with E-state index in [1.54, 1.807) is 0 Å². The van der Waals surface area contributed by atoms with Crippen molar-refractivity contribution in [2.24, 2.45) is 11.8 Å². The predicted octanol–water partition coefficient (Wildman–Crippen LogP) is 14.1. The van der Waals surface area contributed by atoms with E-state index in [1.165, 1.54) is 205 Å². The Morgan fingerprint density at radius 1 is 0.340 bits per heavy atom. The standard InChI is InChI=1S/C48H99NO4/c1-5-9-13-17-19-27-35-47(33-25-15-11-7-3)45-52-41-31-23-21-29-37-49(39-43-51-44-40-50)38-30-22-24-32-42-53-46-48(34-26-16-12-8-4)36-28-20-18-14-10-6-2/h47-48,50H,5-46H2,1-4H3. The second-order valence-electron chi connectivity index (χ2n) is 16.7. The molecule has 5 nitrogen and oxygen atoms in total. The molecule has 0 saturated carbocycles. The van der Waals surface area contributed by atoms with Crippen LogP contribution in [0.2, 0.25) is 0 Å². The zero-order valence-electron chi connectivity index (χ0n) is 37.0. The van der Waals surface area contributed by atoms with Gasteiger partial charge in [-0.3, -0.25) is 0 Å². The molecule has 0 aromatic heterocycles. The zero-order valence-corrected chi connectivity index (χ0v) is 37.0. The van der Waals surface area contributed by atoms with Crippen LogP contribution in [0.4, 0.5) is 0 Å². The highest BCUT2D eigenvalue weighted by Crippen LogP contribution is 2.21. The molecule has 320 valence electrons. The number of hydrogen-bond acceptors (Lipinski definition) is 5. The van der Waals surface area contributed by atoms with Crippen molar-refractivity contribution in [1.82, 2.24) is 4.90 Å². The average molecular weight is 754 g/mol. The van der Waals surface area contributed by atoms with Crippen molar-refractivity contribution in [3.63, 3.8) is 0 Å². The number of aliphatic hydroxyl groups excluding tert-OH is 1. The Labute approximate surface area is 334 Å². The molecule has 0 aromatic rings. The van der Waals surface area contributed by atoms with Crippen LogP contribution in [-0.2, 0) is 14.2 Å². The molecule has 1 N–H and O–H groups in total. The Morgan fingerprint density at radius 3 is 1.08 bits per heavy atom. The number of rotatable bonds is 47. The smallest absolute Gasteiger partial charge is 0.0698 e. The molecule has 53 heavy (non-hydrogen) atoms. The molecule has 2 unspecified atom stereocenters. The molecule has 0 aromatic carbocycles. The molecule has 5 heteroatoms. The van der Waals surface area contributed by atoms with Gasteiger partial charge in [0, 0.05) is 33.0 Å². The second-order valence-corrected chi connectivity index (χ2v) is 16.7. The van der Waals surface area contributed by atoms with Gasteiger partial charge in [-0.2, -0.15) is 0 Å². The lowest BCUT2D eigenvalue weighted by atomic mass is 9.95. The number of unbranched alkanes of at least 4 members (excludes halogenated alkanes) is 22. The van der Waals surface area contributed by atoms with Crippen molar-refractivity contribution < 1.29 is 19.3 Å². The Balaban J connectivity index is 4.23. The van der Waals surface area contributed by atoms with Gasteiger partial charge in [0.25, 0.3) is 0 Å². The van der Waals surface area contributed by atoms with Crippen LogP contribution in [0.15, 0.2) is 0 Å². The Kier molecular flexibility index (Phi) is 46.0. The Bertz CT molecular complexity index is 601. The van der Waals surface area contributed by atoms with Gasteiger partial charge in [-0.1, -0.05) is 182 Å². The van der Waals surface area contributed by atoms with Crippen molar-refractivity contribution in [2.75, 3.05) is 65.9 Å². The number of hydrogen-bond donors (Lipinski definition) is 1. The van der Waals surface area contributed by atoms with Gasteiger partial charge in [0.1, 0.15) is 0 Å². The fraction of sp³-hybridized carbons (Fsp3) is 1.00. The SMILES string of the molecule is CCCCCCCCC(CCCCCC)COCCCCCCN(CCCCCCOCC(CCCCCC)CCCCCCCC)CCOCCO. The molecule has 0 aliphatic heterocycles. The maximum Gasteiger partial charge on any atom is 0.0698 e. The highest BCUT2D eigenvalue weighted by atomic mass is 16.5. The summed E-state index contributed by atoms with van der Waals surface area (Å²) in [5, 5.41) is 9.12. The van der Waals surface area contributed by atoms with Crippen LogP contribution in [0.3, 0.4) is 0 Å². The third-order valence-electron chi connectivity index (χ3n) is 11.4. The third kappa shape index (κ3) is 41.3. The van der Waals surface area contributed by atoms with Gasteiger partial charge in [0.15, 0.2) is 0 Å². The molecule has 2 atom stereocenters. The van der Waals surface area contributed by atoms with Crippen LogP contribution in [0, 0.1) is 11.8 Å². The molecular weight excluding hydrogens is 655 g/mol. The van der Waals surface area contributed by atoms with E-state index in [1.807, 2.05) is 0 Å². The lowest BCUT2D eigenvalue weighted by Gasteiger charge is -2.22. The van der Waals surface area contributed by atoms with E-state index < -0.39 is 0 Å². The third-order valence-corrected chi connectivity index (χ3v) is 11.4. The molecule has 0 radical (unpaired) electrons. The molecule has 0 aliphatic carbocycles. The summed E-state index contributed by atoms with van der Waals surface area (Å²) < 4.78 is 18.2. The molecule has 0 fully saturated rings. The van der Waals surface area contributed by atoms with Gasteiger partial charge >= 0.3 is 0 Å². The topological polar surface area (TPSA) is 51.2 Å². The first-order valence-corrected chi connectivity index (χ1v) is 24.3. The maximum atomic E-state index is 9.12. The number of aliphatic hydroxyl groups is 1. The van der Waals surface area contributed by atoms with E-state index in [-0.39, 0.29) is 6.61 Å². The van der Waals surface area contributed by atoms with E-state index in [0.29, 0.717) is 6.61 Å². The minimum Gasteiger partial charge on any atom is -0.394 e. The van der Waals surface area contributed by atoms with Crippen LogP contribution in [-0.4, -0.2) is 75.9 Å². The molecule has 0 saturated heterocycles. The van der Waals surface area contributed by atoms with Gasteiger partial charge in [0.05, 0.1) is 19.8 Å².